The molecule has 4 rings (SSSR count). The average molecular weight is 561 g/mol. The van der Waals surface area contributed by atoms with Gasteiger partial charge < -0.3 is 4.74 Å². The van der Waals surface area contributed by atoms with Crippen LogP contribution in [0, 0.1) is 26.0 Å². The van der Waals surface area contributed by atoms with Crippen molar-refractivity contribution in [2.24, 2.45) is 0 Å². The van der Waals surface area contributed by atoms with E-state index in [-0.39, 0.29) is 32.8 Å². The number of rotatable bonds is 6. The molecule has 0 atom stereocenters. The second kappa shape index (κ2) is 10.2. The van der Waals surface area contributed by atoms with Crippen LogP contribution < -0.4 is 15.0 Å². The number of imide groups is 2. The number of amides is 4. The lowest BCUT2D eigenvalue weighted by molar-refractivity contribution is -0.394. The van der Waals surface area contributed by atoms with Crippen LogP contribution in [-0.4, -0.2) is 27.7 Å². The summed E-state index contributed by atoms with van der Waals surface area (Å²) in [5.74, 6) is -3.23. The Bertz CT molecular complexity index is 1550. The molecule has 0 spiro atoms. The zero-order valence-corrected chi connectivity index (χ0v) is 20.0. The van der Waals surface area contributed by atoms with E-state index in [9.17, 15) is 39.0 Å². The molecule has 3 aromatic carbocycles. The van der Waals surface area contributed by atoms with Crippen LogP contribution >= 0.6 is 23.2 Å². The highest BCUT2D eigenvalue weighted by atomic mass is 35.5. The highest BCUT2D eigenvalue weighted by Crippen LogP contribution is 2.41. The van der Waals surface area contributed by atoms with Crippen LogP contribution in [0.3, 0.4) is 0 Å². The third kappa shape index (κ3) is 5.14. The zero-order valence-electron chi connectivity index (χ0n) is 18.5. The first-order valence-corrected chi connectivity index (χ1v) is 11.0. The Morgan fingerprint density at radius 1 is 0.921 bits per heavy atom. The van der Waals surface area contributed by atoms with Crippen LogP contribution in [0.5, 0.6) is 11.5 Å². The molecule has 3 aromatic rings. The summed E-state index contributed by atoms with van der Waals surface area (Å²) in [4.78, 5) is 58.9. The second-order valence-electron chi connectivity index (χ2n) is 7.52. The number of carbonyl (C=O) groups is 3. The Hall–Kier alpha value is -4.88. The Balaban J connectivity index is 1.68. The molecule has 0 radical (unpaired) electrons. The number of carbonyl (C=O) groups excluding carboxylic acids is 3. The number of urea groups is 1. The van der Waals surface area contributed by atoms with Gasteiger partial charge in [-0.3, -0.25) is 35.1 Å². The lowest BCUT2D eigenvalue weighted by atomic mass is 10.1. The fraction of sp³-hybridized carbons (Fsp3) is 0. The Morgan fingerprint density at radius 3 is 2.13 bits per heavy atom. The van der Waals surface area contributed by atoms with Gasteiger partial charge in [0.25, 0.3) is 17.5 Å². The number of halogens is 3. The van der Waals surface area contributed by atoms with Gasteiger partial charge in [-0.1, -0.05) is 23.2 Å². The Morgan fingerprint density at radius 2 is 1.55 bits per heavy atom. The molecule has 38 heavy (non-hydrogen) atoms. The third-order valence-corrected chi connectivity index (χ3v) is 5.64. The molecule has 1 aliphatic heterocycles. The molecule has 1 saturated heterocycles. The van der Waals surface area contributed by atoms with E-state index in [1.165, 1.54) is 24.3 Å². The number of barbiturate groups is 1. The number of ether oxygens (including phenoxy) is 1. The molecule has 12 nitrogen and oxygen atoms in total. The minimum absolute atomic E-state index is 0.0109. The largest absolute Gasteiger partial charge is 0.447 e. The van der Waals surface area contributed by atoms with E-state index in [1.807, 2.05) is 5.32 Å². The number of hydrogen-bond donors (Lipinski definition) is 1. The summed E-state index contributed by atoms with van der Waals surface area (Å²) in [7, 11) is 0. The SMILES string of the molecule is O=C1NC(=O)N(c2ccc(F)cc2)C(=O)/C1=C/c1cc(Cl)c(Oc2ccc([N+](=O)[O-])cc2[N+](=O)[O-])c(Cl)c1. The van der Waals surface area contributed by atoms with Crippen LogP contribution in [0.2, 0.25) is 10.0 Å². The summed E-state index contributed by atoms with van der Waals surface area (Å²) < 4.78 is 18.7. The van der Waals surface area contributed by atoms with Crippen LogP contribution in [0.4, 0.5) is 26.2 Å². The van der Waals surface area contributed by atoms with E-state index in [4.69, 9.17) is 27.9 Å². The molecule has 1 heterocycles. The maximum Gasteiger partial charge on any atom is 0.335 e. The molecule has 0 bridgehead atoms. The van der Waals surface area contributed by atoms with E-state index in [0.717, 1.165) is 30.3 Å². The van der Waals surface area contributed by atoms with Gasteiger partial charge in [-0.2, -0.15) is 0 Å². The Labute approximate surface area is 221 Å². The first kappa shape index (κ1) is 26.2. The van der Waals surface area contributed by atoms with Crippen LogP contribution in [-0.2, 0) is 9.59 Å². The van der Waals surface area contributed by atoms with Gasteiger partial charge in [-0.05, 0) is 54.1 Å². The van der Waals surface area contributed by atoms with Crippen molar-refractivity contribution >= 4 is 64.2 Å². The predicted octanol–water partition coefficient (Wildman–Crippen LogP) is 5.41. The van der Waals surface area contributed by atoms with Gasteiger partial charge >= 0.3 is 11.7 Å². The summed E-state index contributed by atoms with van der Waals surface area (Å²) >= 11 is 12.5. The van der Waals surface area contributed by atoms with Crippen molar-refractivity contribution < 1.29 is 33.4 Å². The van der Waals surface area contributed by atoms with Gasteiger partial charge in [0.05, 0.1) is 31.6 Å². The van der Waals surface area contributed by atoms with Crippen LogP contribution in [0.25, 0.3) is 6.08 Å². The lowest BCUT2D eigenvalue weighted by Crippen LogP contribution is -2.54. The quantitative estimate of drug-likeness (QED) is 0.181. The monoisotopic (exact) mass is 560 g/mol. The number of non-ortho nitro benzene ring substituents is 1. The fourth-order valence-electron chi connectivity index (χ4n) is 3.37. The van der Waals surface area contributed by atoms with E-state index in [2.05, 4.69) is 0 Å². The molecular weight excluding hydrogens is 550 g/mol. The molecule has 0 aliphatic carbocycles. The maximum absolute atomic E-state index is 13.3. The predicted molar refractivity (Wildman–Crippen MR) is 132 cm³/mol. The maximum atomic E-state index is 13.3. The fourth-order valence-corrected chi connectivity index (χ4v) is 3.95. The van der Waals surface area contributed by atoms with Gasteiger partial charge in [0.15, 0.2) is 5.75 Å². The van der Waals surface area contributed by atoms with Gasteiger partial charge in [-0.15, -0.1) is 0 Å². The second-order valence-corrected chi connectivity index (χ2v) is 8.33. The summed E-state index contributed by atoms with van der Waals surface area (Å²) in [6.45, 7) is 0. The summed E-state index contributed by atoms with van der Waals surface area (Å²) in [6.07, 6.45) is 1.09. The number of nitrogens with zero attached hydrogens (tertiary/aromatic N) is 3. The van der Waals surface area contributed by atoms with Crippen molar-refractivity contribution in [2.45, 2.75) is 0 Å². The average Bonchev–Trinajstić information content (AvgIpc) is 2.85. The summed E-state index contributed by atoms with van der Waals surface area (Å²) in [6, 6.07) is 8.54. The minimum atomic E-state index is -1.03. The summed E-state index contributed by atoms with van der Waals surface area (Å²) in [5, 5.41) is 23.9. The van der Waals surface area contributed by atoms with Crippen LogP contribution in [0.1, 0.15) is 5.56 Å². The number of nitro benzene ring substituents is 2. The molecule has 1 N–H and O–H groups in total. The van der Waals surface area contributed by atoms with E-state index < -0.39 is 50.5 Å². The number of nitro groups is 2. The molecule has 0 saturated carbocycles. The van der Waals surface area contributed by atoms with Gasteiger partial charge in [0.1, 0.15) is 11.4 Å². The lowest BCUT2D eigenvalue weighted by Gasteiger charge is -2.26. The highest BCUT2D eigenvalue weighted by Gasteiger charge is 2.37. The number of anilines is 1. The zero-order chi connectivity index (χ0) is 27.7. The highest BCUT2D eigenvalue weighted by molar-refractivity contribution is 6.40. The van der Waals surface area contributed by atoms with Gasteiger partial charge in [0, 0.05) is 6.07 Å². The summed E-state index contributed by atoms with van der Waals surface area (Å²) in [5.41, 5.74) is -1.59. The smallest absolute Gasteiger partial charge is 0.335 e. The molecule has 15 heteroatoms. The van der Waals surface area contributed by atoms with Crippen molar-refractivity contribution in [3.05, 3.63) is 102 Å². The normalized spacial score (nSPS) is 14.4. The van der Waals surface area contributed by atoms with Crippen molar-refractivity contribution in [2.75, 3.05) is 4.90 Å². The van der Waals surface area contributed by atoms with E-state index in [1.54, 1.807) is 0 Å². The number of benzene rings is 3. The molecule has 1 aliphatic rings. The molecule has 4 amide bonds. The van der Waals surface area contributed by atoms with Gasteiger partial charge in [0.2, 0.25) is 5.75 Å². The van der Waals surface area contributed by atoms with Crippen molar-refractivity contribution in [1.29, 1.82) is 0 Å². The van der Waals surface area contributed by atoms with Crippen molar-refractivity contribution in [3.63, 3.8) is 0 Å². The standard InChI is InChI=1S/C23H11Cl2FN4O8/c24-16-8-11(7-15-21(31)27-23(33)28(22(15)32)13-3-1-12(26)2-4-13)9-17(25)20(16)38-19-6-5-14(29(34)35)10-18(19)30(36)37/h1-10H,(H,27,31,33)/b15-7+. The molecular formula is C23H11Cl2FN4O8. The van der Waals surface area contributed by atoms with E-state index in [0.29, 0.717) is 11.0 Å². The number of nitrogens with one attached hydrogen (secondary N) is 1. The minimum Gasteiger partial charge on any atom is -0.447 e. The van der Waals surface area contributed by atoms with Gasteiger partial charge in [-0.25, -0.2) is 14.1 Å². The Kier molecular flexibility index (Phi) is 7.06. The topological polar surface area (TPSA) is 162 Å². The first-order chi connectivity index (χ1) is 18.0. The van der Waals surface area contributed by atoms with Crippen LogP contribution in [0.15, 0.2) is 60.2 Å². The van der Waals surface area contributed by atoms with E-state index >= 15 is 0 Å². The molecule has 1 fully saturated rings. The number of hydrogen-bond acceptors (Lipinski definition) is 8. The van der Waals surface area contributed by atoms with Crippen molar-refractivity contribution in [1.82, 2.24) is 5.32 Å². The third-order valence-electron chi connectivity index (χ3n) is 5.08. The molecule has 192 valence electrons. The molecule has 0 aromatic heterocycles. The van der Waals surface area contributed by atoms with Crippen molar-refractivity contribution in [3.8, 4) is 11.5 Å². The molecule has 0 unspecified atom stereocenters. The first-order valence-electron chi connectivity index (χ1n) is 10.2.